The van der Waals surface area contributed by atoms with Gasteiger partial charge in [-0.2, -0.15) is 0 Å². The fourth-order valence-electron chi connectivity index (χ4n) is 1.30. The molecule has 0 bridgehead atoms. The Labute approximate surface area is 83.3 Å². The van der Waals surface area contributed by atoms with E-state index in [1.54, 1.807) is 6.92 Å². The summed E-state index contributed by atoms with van der Waals surface area (Å²) >= 11 is 1.26. The third-order valence-corrected chi connectivity index (χ3v) is 2.73. The molecule has 0 fully saturated rings. The lowest BCUT2D eigenvalue weighted by Gasteiger charge is -1.94. The molecule has 0 saturated heterocycles. The van der Waals surface area contributed by atoms with Crippen molar-refractivity contribution in [3.8, 4) is 0 Å². The summed E-state index contributed by atoms with van der Waals surface area (Å²) in [6.45, 7) is 1.79. The van der Waals surface area contributed by atoms with Gasteiger partial charge in [0.15, 0.2) is 5.13 Å². The molecule has 2 N–H and O–H groups in total. The summed E-state index contributed by atoms with van der Waals surface area (Å²) in [4.78, 5) is 14.2. The molecule has 5 nitrogen and oxygen atoms in total. The van der Waals surface area contributed by atoms with Crippen LogP contribution in [-0.2, 0) is 0 Å². The Morgan fingerprint density at radius 2 is 2.29 bits per heavy atom. The van der Waals surface area contributed by atoms with Crippen molar-refractivity contribution in [2.45, 2.75) is 6.92 Å². The van der Waals surface area contributed by atoms with Gasteiger partial charge >= 0.3 is 0 Å². The zero-order valence-electron chi connectivity index (χ0n) is 7.35. The first-order valence-electron chi connectivity index (χ1n) is 3.89. The fraction of sp³-hybridized carbons (Fsp3) is 0.125. The van der Waals surface area contributed by atoms with Crippen LogP contribution < -0.4 is 5.73 Å². The van der Waals surface area contributed by atoms with Crippen molar-refractivity contribution < 1.29 is 4.92 Å². The smallest absolute Gasteiger partial charge is 0.271 e. The van der Waals surface area contributed by atoms with E-state index in [0.29, 0.717) is 5.13 Å². The van der Waals surface area contributed by atoms with Gasteiger partial charge in [0.1, 0.15) is 0 Å². The molecule has 1 heterocycles. The van der Waals surface area contributed by atoms with Crippen molar-refractivity contribution in [3.05, 3.63) is 27.8 Å². The van der Waals surface area contributed by atoms with Gasteiger partial charge in [-0.15, -0.1) is 0 Å². The van der Waals surface area contributed by atoms with Gasteiger partial charge in [-0.3, -0.25) is 10.1 Å². The standard InChI is InChI=1S/C8H7N3O2S/c1-4-2-5(11(12)13)3-6-7(4)10-8(9)14-6/h2-3H,1H3,(H2,9,10). The number of benzene rings is 1. The number of nitrogens with two attached hydrogens (primary N) is 1. The molecule has 2 rings (SSSR count). The number of nitro benzene ring substituents is 1. The maximum absolute atomic E-state index is 10.6. The minimum absolute atomic E-state index is 0.0821. The monoisotopic (exact) mass is 209 g/mol. The quantitative estimate of drug-likeness (QED) is 0.575. The second-order valence-corrected chi connectivity index (χ2v) is 3.98. The van der Waals surface area contributed by atoms with E-state index in [0.717, 1.165) is 15.8 Å². The first kappa shape index (κ1) is 8.89. The molecule has 2 aromatic rings. The number of rotatable bonds is 1. The molecular formula is C8H7N3O2S. The zero-order chi connectivity index (χ0) is 10.3. The van der Waals surface area contributed by atoms with Crippen molar-refractivity contribution in [1.29, 1.82) is 0 Å². The van der Waals surface area contributed by atoms with Crippen LogP contribution in [0, 0.1) is 17.0 Å². The number of hydrogen-bond acceptors (Lipinski definition) is 5. The molecule has 72 valence electrons. The molecule has 1 aromatic carbocycles. The second-order valence-electron chi connectivity index (χ2n) is 2.92. The number of aromatic nitrogens is 1. The molecule has 0 spiro atoms. The zero-order valence-corrected chi connectivity index (χ0v) is 8.17. The van der Waals surface area contributed by atoms with E-state index < -0.39 is 4.92 Å². The van der Waals surface area contributed by atoms with E-state index in [1.165, 1.54) is 23.5 Å². The molecule has 0 radical (unpaired) electrons. The highest BCUT2D eigenvalue weighted by Crippen LogP contribution is 2.30. The maximum atomic E-state index is 10.6. The largest absolute Gasteiger partial charge is 0.375 e. The number of nitrogens with zero attached hydrogens (tertiary/aromatic N) is 2. The van der Waals surface area contributed by atoms with Gasteiger partial charge in [-0.25, -0.2) is 4.98 Å². The van der Waals surface area contributed by atoms with Crippen LogP contribution >= 0.6 is 11.3 Å². The van der Waals surface area contributed by atoms with Gasteiger partial charge < -0.3 is 5.73 Å². The van der Waals surface area contributed by atoms with Crippen LogP contribution in [0.25, 0.3) is 10.2 Å². The van der Waals surface area contributed by atoms with E-state index in [1.807, 2.05) is 0 Å². The molecule has 0 aliphatic rings. The predicted molar refractivity (Wildman–Crippen MR) is 55.4 cm³/mol. The Hall–Kier alpha value is -1.69. The number of aryl methyl sites for hydroxylation is 1. The highest BCUT2D eigenvalue weighted by atomic mass is 32.1. The van der Waals surface area contributed by atoms with Crippen LogP contribution in [0.15, 0.2) is 12.1 Å². The fourth-order valence-corrected chi connectivity index (χ4v) is 2.15. The van der Waals surface area contributed by atoms with Gasteiger partial charge in [0.2, 0.25) is 0 Å². The maximum Gasteiger partial charge on any atom is 0.271 e. The van der Waals surface area contributed by atoms with Gasteiger partial charge in [-0.1, -0.05) is 11.3 Å². The van der Waals surface area contributed by atoms with E-state index in [-0.39, 0.29) is 5.69 Å². The lowest BCUT2D eigenvalue weighted by Crippen LogP contribution is -1.88. The number of fused-ring (bicyclic) bond motifs is 1. The number of nitrogen functional groups attached to an aromatic ring is 1. The average molecular weight is 209 g/mol. The van der Waals surface area contributed by atoms with Crippen molar-refractivity contribution in [1.82, 2.24) is 4.98 Å². The summed E-state index contributed by atoms with van der Waals surface area (Å²) < 4.78 is 0.759. The molecule has 0 unspecified atom stereocenters. The van der Waals surface area contributed by atoms with Crippen LogP contribution in [0.4, 0.5) is 10.8 Å². The van der Waals surface area contributed by atoms with Crippen molar-refractivity contribution in [3.63, 3.8) is 0 Å². The van der Waals surface area contributed by atoms with Crippen LogP contribution in [-0.4, -0.2) is 9.91 Å². The van der Waals surface area contributed by atoms with E-state index >= 15 is 0 Å². The Kier molecular flexibility index (Phi) is 1.85. The van der Waals surface area contributed by atoms with Crippen molar-refractivity contribution >= 4 is 32.4 Å². The number of nitro groups is 1. The molecule has 0 amide bonds. The van der Waals surface area contributed by atoms with Crippen LogP contribution in [0.5, 0.6) is 0 Å². The first-order chi connectivity index (χ1) is 6.58. The van der Waals surface area contributed by atoms with Crippen LogP contribution in [0.3, 0.4) is 0 Å². The van der Waals surface area contributed by atoms with Gasteiger partial charge in [0.05, 0.1) is 15.1 Å². The summed E-state index contributed by atoms with van der Waals surface area (Å²) in [5.41, 5.74) is 7.13. The molecule has 0 aliphatic heterocycles. The minimum atomic E-state index is -0.414. The van der Waals surface area contributed by atoms with Crippen molar-refractivity contribution in [2.75, 3.05) is 5.73 Å². The van der Waals surface area contributed by atoms with E-state index in [4.69, 9.17) is 5.73 Å². The molecular weight excluding hydrogens is 202 g/mol. The normalized spacial score (nSPS) is 10.6. The Morgan fingerprint density at radius 3 is 2.93 bits per heavy atom. The molecule has 0 atom stereocenters. The third kappa shape index (κ3) is 1.29. The van der Waals surface area contributed by atoms with Crippen LogP contribution in [0.1, 0.15) is 5.56 Å². The SMILES string of the molecule is Cc1cc([N+](=O)[O-])cc2sc(N)nc12. The average Bonchev–Trinajstić information content (AvgIpc) is 2.45. The van der Waals surface area contributed by atoms with E-state index in [2.05, 4.69) is 4.98 Å². The van der Waals surface area contributed by atoms with Gasteiger partial charge in [0, 0.05) is 12.1 Å². The van der Waals surface area contributed by atoms with E-state index in [9.17, 15) is 10.1 Å². The number of hydrogen-bond donors (Lipinski definition) is 1. The lowest BCUT2D eigenvalue weighted by molar-refractivity contribution is -0.384. The number of anilines is 1. The minimum Gasteiger partial charge on any atom is -0.375 e. The molecule has 14 heavy (non-hydrogen) atoms. The topological polar surface area (TPSA) is 82.0 Å². The number of thiazole rings is 1. The summed E-state index contributed by atoms with van der Waals surface area (Å²) in [5.74, 6) is 0. The molecule has 6 heteroatoms. The first-order valence-corrected chi connectivity index (χ1v) is 4.70. The predicted octanol–water partition coefficient (Wildman–Crippen LogP) is 2.10. The Balaban J connectivity index is 2.77. The lowest BCUT2D eigenvalue weighted by atomic mass is 10.2. The van der Waals surface area contributed by atoms with Crippen LogP contribution in [0.2, 0.25) is 0 Å². The molecule has 0 aliphatic carbocycles. The summed E-state index contributed by atoms with van der Waals surface area (Å²) in [6, 6.07) is 3.00. The Bertz CT molecular complexity index is 521. The third-order valence-electron chi connectivity index (χ3n) is 1.90. The molecule has 1 aromatic heterocycles. The Morgan fingerprint density at radius 1 is 1.57 bits per heavy atom. The van der Waals surface area contributed by atoms with Gasteiger partial charge in [0.25, 0.3) is 5.69 Å². The summed E-state index contributed by atoms with van der Waals surface area (Å²) in [5, 5.41) is 11.0. The summed E-state index contributed by atoms with van der Waals surface area (Å²) in [7, 11) is 0. The highest BCUT2D eigenvalue weighted by Gasteiger charge is 2.12. The highest BCUT2D eigenvalue weighted by molar-refractivity contribution is 7.22. The number of non-ortho nitro benzene ring substituents is 1. The van der Waals surface area contributed by atoms with Gasteiger partial charge in [-0.05, 0) is 12.5 Å². The molecule has 0 saturated carbocycles. The summed E-state index contributed by atoms with van der Waals surface area (Å²) in [6.07, 6.45) is 0. The second kappa shape index (κ2) is 2.91. The van der Waals surface area contributed by atoms with Crippen molar-refractivity contribution in [2.24, 2.45) is 0 Å².